The van der Waals surface area contributed by atoms with Crippen LogP contribution in [0.5, 0.6) is 0 Å². The molecule has 0 saturated heterocycles. The lowest BCUT2D eigenvalue weighted by Crippen LogP contribution is -2.45. The molecule has 0 aliphatic heterocycles. The first-order valence-electron chi connectivity index (χ1n) is 6.76. The van der Waals surface area contributed by atoms with E-state index in [9.17, 15) is 10.1 Å². The average Bonchev–Trinajstić information content (AvgIpc) is 2.62. The SMILES string of the molecule is CCC(C)N(C)C(=O)C1(C#N)CCCCCC1. The van der Waals surface area contributed by atoms with E-state index in [2.05, 4.69) is 13.0 Å². The summed E-state index contributed by atoms with van der Waals surface area (Å²) in [4.78, 5) is 14.3. The predicted octanol–water partition coefficient (Wildman–Crippen LogP) is 3.11. The van der Waals surface area contributed by atoms with Crippen molar-refractivity contribution in [2.75, 3.05) is 7.05 Å². The van der Waals surface area contributed by atoms with Gasteiger partial charge in [0.2, 0.25) is 5.91 Å². The molecule has 1 aliphatic rings. The molecule has 0 N–H and O–H groups in total. The zero-order valence-electron chi connectivity index (χ0n) is 11.3. The summed E-state index contributed by atoms with van der Waals surface area (Å²) in [6.07, 6.45) is 6.74. The monoisotopic (exact) mass is 236 g/mol. The second-order valence-corrected chi connectivity index (χ2v) is 5.28. The highest BCUT2D eigenvalue weighted by Gasteiger charge is 2.41. The molecule has 0 heterocycles. The fraction of sp³-hybridized carbons (Fsp3) is 0.857. The topological polar surface area (TPSA) is 44.1 Å². The molecule has 0 aromatic rings. The Morgan fingerprint density at radius 1 is 1.35 bits per heavy atom. The predicted molar refractivity (Wildman–Crippen MR) is 68.3 cm³/mol. The quantitative estimate of drug-likeness (QED) is 0.707. The van der Waals surface area contributed by atoms with Crippen LogP contribution in [0.4, 0.5) is 0 Å². The van der Waals surface area contributed by atoms with Gasteiger partial charge in [0.15, 0.2) is 0 Å². The molecule has 1 fully saturated rings. The lowest BCUT2D eigenvalue weighted by atomic mass is 9.80. The molecule has 0 aromatic heterocycles. The maximum atomic E-state index is 12.5. The Bertz CT molecular complexity index is 298. The standard InChI is InChI=1S/C14H24N2O/c1-4-12(2)16(3)13(17)14(11-15)9-7-5-6-8-10-14/h12H,4-10H2,1-3H3. The van der Waals surface area contributed by atoms with Crippen LogP contribution >= 0.6 is 0 Å². The van der Waals surface area contributed by atoms with Crippen LogP contribution in [0.1, 0.15) is 58.8 Å². The minimum Gasteiger partial charge on any atom is -0.342 e. The highest BCUT2D eigenvalue weighted by Crippen LogP contribution is 2.36. The number of amides is 1. The molecule has 0 aromatic carbocycles. The number of nitriles is 1. The third-order valence-corrected chi connectivity index (χ3v) is 4.15. The third-order valence-electron chi connectivity index (χ3n) is 4.15. The van der Waals surface area contributed by atoms with Crippen molar-refractivity contribution in [3.63, 3.8) is 0 Å². The lowest BCUT2D eigenvalue weighted by molar-refractivity contribution is -0.140. The zero-order valence-corrected chi connectivity index (χ0v) is 11.3. The maximum Gasteiger partial charge on any atom is 0.243 e. The molecule has 0 radical (unpaired) electrons. The number of rotatable bonds is 3. The third kappa shape index (κ3) is 3.00. The van der Waals surface area contributed by atoms with Crippen molar-refractivity contribution in [1.82, 2.24) is 4.90 Å². The summed E-state index contributed by atoms with van der Waals surface area (Å²) < 4.78 is 0. The molecule has 1 aliphatic carbocycles. The van der Waals surface area contributed by atoms with Crippen molar-refractivity contribution in [2.24, 2.45) is 5.41 Å². The van der Waals surface area contributed by atoms with E-state index in [0.29, 0.717) is 0 Å². The first-order valence-corrected chi connectivity index (χ1v) is 6.76. The molecule has 17 heavy (non-hydrogen) atoms. The molecule has 96 valence electrons. The largest absolute Gasteiger partial charge is 0.342 e. The first-order chi connectivity index (χ1) is 8.07. The Morgan fingerprint density at radius 2 is 1.88 bits per heavy atom. The molecule has 3 heteroatoms. The summed E-state index contributed by atoms with van der Waals surface area (Å²) in [5.74, 6) is 0.0382. The van der Waals surface area contributed by atoms with Crippen LogP contribution in [0.2, 0.25) is 0 Å². The summed E-state index contributed by atoms with van der Waals surface area (Å²) in [6.45, 7) is 4.11. The summed E-state index contributed by atoms with van der Waals surface area (Å²) in [7, 11) is 1.83. The van der Waals surface area contributed by atoms with Crippen molar-refractivity contribution < 1.29 is 4.79 Å². The van der Waals surface area contributed by atoms with Crippen molar-refractivity contribution in [3.05, 3.63) is 0 Å². The number of hydrogen-bond acceptors (Lipinski definition) is 2. The molecule has 1 atom stereocenters. The minimum absolute atomic E-state index is 0.0382. The van der Waals surface area contributed by atoms with Crippen molar-refractivity contribution in [1.29, 1.82) is 5.26 Å². The van der Waals surface area contributed by atoms with Crippen molar-refractivity contribution in [2.45, 2.75) is 64.8 Å². The van der Waals surface area contributed by atoms with Crippen molar-refractivity contribution >= 4 is 5.91 Å². The summed E-state index contributed by atoms with van der Waals surface area (Å²) in [5, 5.41) is 9.44. The summed E-state index contributed by atoms with van der Waals surface area (Å²) in [5.41, 5.74) is -0.741. The highest BCUT2D eigenvalue weighted by atomic mass is 16.2. The van der Waals surface area contributed by atoms with E-state index < -0.39 is 5.41 Å². The number of nitrogens with zero attached hydrogens (tertiary/aromatic N) is 2. The molecule has 1 rings (SSSR count). The fourth-order valence-corrected chi connectivity index (χ4v) is 2.52. The van der Waals surface area contributed by atoms with E-state index in [1.54, 1.807) is 4.90 Å². The fourth-order valence-electron chi connectivity index (χ4n) is 2.52. The molecule has 3 nitrogen and oxygen atoms in total. The number of carbonyl (C=O) groups excluding carboxylic acids is 1. The molecule has 0 bridgehead atoms. The van der Waals surface area contributed by atoms with E-state index in [1.165, 1.54) is 0 Å². The Kier molecular flexibility index (Phi) is 4.99. The van der Waals surface area contributed by atoms with Crippen LogP contribution in [0, 0.1) is 16.7 Å². The van der Waals surface area contributed by atoms with Crippen LogP contribution in [-0.2, 0) is 4.79 Å². The Balaban J connectivity index is 2.85. The first kappa shape index (κ1) is 14.0. The van der Waals surface area contributed by atoms with Crippen molar-refractivity contribution in [3.8, 4) is 6.07 Å². The second kappa shape index (κ2) is 6.05. The molecule has 1 saturated carbocycles. The van der Waals surface area contributed by atoms with E-state index in [1.807, 2.05) is 14.0 Å². The van der Waals surface area contributed by atoms with Gasteiger partial charge in [0, 0.05) is 13.1 Å². The van der Waals surface area contributed by atoms with Gasteiger partial charge in [0.25, 0.3) is 0 Å². The highest BCUT2D eigenvalue weighted by molar-refractivity contribution is 5.85. The Labute approximate surface area is 105 Å². The second-order valence-electron chi connectivity index (χ2n) is 5.28. The van der Waals surface area contributed by atoms with Gasteiger partial charge in [0.1, 0.15) is 5.41 Å². The molecular weight excluding hydrogens is 212 g/mol. The normalized spacial score (nSPS) is 21.1. The summed E-state index contributed by atoms with van der Waals surface area (Å²) >= 11 is 0. The number of hydrogen-bond donors (Lipinski definition) is 0. The molecule has 1 amide bonds. The van der Waals surface area contributed by atoms with Crippen LogP contribution < -0.4 is 0 Å². The van der Waals surface area contributed by atoms with Crippen LogP contribution in [-0.4, -0.2) is 23.9 Å². The smallest absolute Gasteiger partial charge is 0.243 e. The molecule has 0 spiro atoms. The Hall–Kier alpha value is -1.04. The van der Waals surface area contributed by atoms with Gasteiger partial charge in [-0.15, -0.1) is 0 Å². The van der Waals surface area contributed by atoms with Crippen LogP contribution in [0.3, 0.4) is 0 Å². The summed E-state index contributed by atoms with van der Waals surface area (Å²) in [6, 6.07) is 2.54. The van der Waals surface area contributed by atoms with Gasteiger partial charge in [-0.05, 0) is 26.2 Å². The average molecular weight is 236 g/mol. The van der Waals surface area contributed by atoms with Gasteiger partial charge in [-0.3, -0.25) is 4.79 Å². The zero-order chi connectivity index (χ0) is 12.9. The van der Waals surface area contributed by atoms with E-state index in [4.69, 9.17) is 0 Å². The maximum absolute atomic E-state index is 12.5. The minimum atomic E-state index is -0.741. The van der Waals surface area contributed by atoms with Gasteiger partial charge in [-0.1, -0.05) is 32.6 Å². The van der Waals surface area contributed by atoms with Gasteiger partial charge in [-0.2, -0.15) is 5.26 Å². The van der Waals surface area contributed by atoms with E-state index in [-0.39, 0.29) is 11.9 Å². The number of carbonyl (C=O) groups is 1. The molecule has 1 unspecified atom stereocenters. The van der Waals surface area contributed by atoms with Gasteiger partial charge >= 0.3 is 0 Å². The van der Waals surface area contributed by atoms with Gasteiger partial charge in [0.05, 0.1) is 6.07 Å². The van der Waals surface area contributed by atoms with Crippen LogP contribution in [0.15, 0.2) is 0 Å². The van der Waals surface area contributed by atoms with Gasteiger partial charge in [-0.25, -0.2) is 0 Å². The van der Waals surface area contributed by atoms with Gasteiger partial charge < -0.3 is 4.90 Å². The van der Waals surface area contributed by atoms with E-state index >= 15 is 0 Å². The van der Waals surface area contributed by atoms with E-state index in [0.717, 1.165) is 44.9 Å². The molecular formula is C14H24N2O. The Morgan fingerprint density at radius 3 is 2.29 bits per heavy atom. The lowest BCUT2D eigenvalue weighted by Gasteiger charge is -2.32. The van der Waals surface area contributed by atoms with Crippen LogP contribution in [0.25, 0.3) is 0 Å².